The third-order valence-corrected chi connectivity index (χ3v) is 5.71. The Hall–Kier alpha value is -3.62. The quantitative estimate of drug-likeness (QED) is 0.238. The van der Waals surface area contributed by atoms with E-state index >= 15 is 0 Å². The minimum absolute atomic E-state index is 0.0286. The first-order chi connectivity index (χ1) is 14.6. The van der Waals surface area contributed by atoms with Gasteiger partial charge in [0.2, 0.25) is 15.8 Å². The predicted molar refractivity (Wildman–Crippen MR) is 111 cm³/mol. The second kappa shape index (κ2) is 10.4. The molecule has 0 radical (unpaired) electrons. The topological polar surface area (TPSA) is 159 Å². The first-order valence-corrected chi connectivity index (χ1v) is 10.7. The number of ether oxygens (including phenoxy) is 1. The van der Waals surface area contributed by atoms with Gasteiger partial charge in [-0.05, 0) is 49.2 Å². The maximum absolute atomic E-state index is 13.0. The predicted octanol–water partition coefficient (Wildman–Crippen LogP) is 1.65. The SMILES string of the molecule is CC(=O)ON(NCCCOc1cc(C)cc(S(=O)(=O)c2ccccc2C#N)c1)C(=N)N. The zero-order chi connectivity index (χ0) is 23.0. The van der Waals surface area contributed by atoms with Crippen LogP contribution in [0.2, 0.25) is 0 Å². The van der Waals surface area contributed by atoms with Crippen molar-refractivity contribution in [3.05, 3.63) is 53.6 Å². The maximum atomic E-state index is 13.0. The average Bonchev–Trinajstić information content (AvgIpc) is 2.71. The number of hydrogen-bond donors (Lipinski definition) is 3. The summed E-state index contributed by atoms with van der Waals surface area (Å²) in [5, 5.41) is 17.3. The van der Waals surface area contributed by atoms with Gasteiger partial charge in [-0.1, -0.05) is 17.3 Å². The molecule has 0 saturated carbocycles. The summed E-state index contributed by atoms with van der Waals surface area (Å²) in [7, 11) is -3.90. The number of hydroxylamine groups is 1. The van der Waals surface area contributed by atoms with Crippen molar-refractivity contribution < 1.29 is 22.8 Å². The molecule has 4 N–H and O–H groups in total. The van der Waals surface area contributed by atoms with Crippen molar-refractivity contribution in [1.29, 1.82) is 10.7 Å². The molecule has 0 saturated heterocycles. The third kappa shape index (κ3) is 6.43. The standard InChI is InChI=1S/C20H23N5O5S/c1-14-10-17(29-9-5-8-24-25(20(22)23)30-15(2)26)12-18(11-14)31(27,28)19-7-4-3-6-16(19)13-21/h3-4,6-7,10-12,24H,5,8-9H2,1-2H3,(H3,22,23). The lowest BCUT2D eigenvalue weighted by Gasteiger charge is -2.20. The summed E-state index contributed by atoms with van der Waals surface area (Å²) in [5.41, 5.74) is 8.70. The molecule has 0 spiro atoms. The van der Waals surface area contributed by atoms with E-state index in [2.05, 4.69) is 5.43 Å². The molecule has 10 nitrogen and oxygen atoms in total. The van der Waals surface area contributed by atoms with E-state index in [9.17, 15) is 18.5 Å². The van der Waals surface area contributed by atoms with Crippen molar-refractivity contribution in [2.24, 2.45) is 5.73 Å². The number of nitriles is 1. The minimum atomic E-state index is -3.90. The maximum Gasteiger partial charge on any atom is 0.331 e. The number of hydrogen-bond acceptors (Lipinski definition) is 8. The Labute approximate surface area is 180 Å². The van der Waals surface area contributed by atoms with Gasteiger partial charge in [-0.2, -0.15) is 10.7 Å². The number of nitrogens with two attached hydrogens (primary N) is 1. The van der Waals surface area contributed by atoms with Crippen molar-refractivity contribution >= 4 is 21.8 Å². The zero-order valence-electron chi connectivity index (χ0n) is 17.1. The zero-order valence-corrected chi connectivity index (χ0v) is 17.9. The van der Waals surface area contributed by atoms with Crippen molar-refractivity contribution in [2.75, 3.05) is 13.2 Å². The lowest BCUT2D eigenvalue weighted by atomic mass is 10.2. The minimum Gasteiger partial charge on any atom is -0.493 e. The molecular formula is C20H23N5O5S. The number of hydrazine groups is 1. The van der Waals surface area contributed by atoms with Gasteiger partial charge < -0.3 is 15.3 Å². The van der Waals surface area contributed by atoms with Crippen molar-refractivity contribution in [3.8, 4) is 11.8 Å². The Morgan fingerprint density at radius 2 is 2.00 bits per heavy atom. The normalized spacial score (nSPS) is 10.7. The highest BCUT2D eigenvalue weighted by Crippen LogP contribution is 2.28. The number of aryl methyl sites for hydroxylation is 1. The molecule has 0 bridgehead atoms. The fourth-order valence-electron chi connectivity index (χ4n) is 2.61. The summed E-state index contributed by atoms with van der Waals surface area (Å²) in [6, 6.07) is 12.5. The van der Waals surface area contributed by atoms with Gasteiger partial charge in [-0.15, -0.1) is 0 Å². The summed E-state index contributed by atoms with van der Waals surface area (Å²) in [4.78, 5) is 15.6. The molecule has 0 amide bonds. The molecule has 0 unspecified atom stereocenters. The van der Waals surface area contributed by atoms with E-state index in [0.717, 1.165) is 5.17 Å². The molecule has 0 aliphatic rings. The van der Waals surface area contributed by atoms with E-state index in [4.69, 9.17) is 20.7 Å². The Kier molecular flexibility index (Phi) is 7.95. The largest absolute Gasteiger partial charge is 0.493 e. The number of benzene rings is 2. The van der Waals surface area contributed by atoms with Gasteiger partial charge in [0.05, 0.1) is 22.0 Å². The van der Waals surface area contributed by atoms with Crippen LogP contribution >= 0.6 is 0 Å². The van der Waals surface area contributed by atoms with E-state index in [1.165, 1.54) is 31.2 Å². The molecule has 2 aromatic carbocycles. The first-order valence-electron chi connectivity index (χ1n) is 9.20. The van der Waals surface area contributed by atoms with E-state index in [1.54, 1.807) is 25.1 Å². The van der Waals surface area contributed by atoms with Crippen LogP contribution < -0.4 is 15.9 Å². The highest BCUT2D eigenvalue weighted by molar-refractivity contribution is 7.91. The van der Waals surface area contributed by atoms with Gasteiger partial charge >= 0.3 is 5.97 Å². The van der Waals surface area contributed by atoms with Crippen LogP contribution in [0.5, 0.6) is 5.75 Å². The van der Waals surface area contributed by atoms with Crippen LogP contribution in [0.3, 0.4) is 0 Å². The number of nitrogens with one attached hydrogen (secondary N) is 2. The highest BCUT2D eigenvalue weighted by atomic mass is 32.2. The van der Waals surface area contributed by atoms with Gasteiger partial charge in [0.15, 0.2) is 0 Å². The number of carbonyl (C=O) groups excluding carboxylic acids is 1. The fraction of sp³-hybridized carbons (Fsp3) is 0.250. The Morgan fingerprint density at radius 1 is 1.29 bits per heavy atom. The molecule has 0 heterocycles. The van der Waals surface area contributed by atoms with Crippen molar-refractivity contribution in [2.45, 2.75) is 30.1 Å². The Balaban J connectivity index is 2.06. The van der Waals surface area contributed by atoms with Crippen LogP contribution in [0.1, 0.15) is 24.5 Å². The number of carbonyl (C=O) groups is 1. The second-order valence-electron chi connectivity index (χ2n) is 6.47. The monoisotopic (exact) mass is 445 g/mol. The molecule has 0 atom stereocenters. The van der Waals surface area contributed by atoms with Crippen LogP contribution in [0.4, 0.5) is 0 Å². The lowest BCUT2D eigenvalue weighted by Crippen LogP contribution is -2.47. The first kappa shape index (κ1) is 23.7. The van der Waals surface area contributed by atoms with Gasteiger partial charge in [0.25, 0.3) is 0 Å². The number of sulfone groups is 1. The summed E-state index contributed by atoms with van der Waals surface area (Å²) in [6.07, 6.45) is 0.443. The van der Waals surface area contributed by atoms with Crippen molar-refractivity contribution in [1.82, 2.24) is 10.6 Å². The van der Waals surface area contributed by atoms with Gasteiger partial charge in [0.1, 0.15) is 11.8 Å². The van der Waals surface area contributed by atoms with E-state index in [1.807, 2.05) is 6.07 Å². The van der Waals surface area contributed by atoms with Crippen LogP contribution in [0.15, 0.2) is 52.3 Å². The molecule has 0 aromatic heterocycles. The number of guanidine groups is 1. The average molecular weight is 446 g/mol. The molecule has 0 aliphatic carbocycles. The van der Waals surface area contributed by atoms with Crippen LogP contribution in [-0.2, 0) is 19.5 Å². The third-order valence-electron chi connectivity index (χ3n) is 3.92. The molecule has 31 heavy (non-hydrogen) atoms. The highest BCUT2D eigenvalue weighted by Gasteiger charge is 2.22. The number of rotatable bonds is 8. The Morgan fingerprint density at radius 3 is 2.65 bits per heavy atom. The summed E-state index contributed by atoms with van der Waals surface area (Å²) < 4.78 is 31.7. The van der Waals surface area contributed by atoms with Crippen LogP contribution in [0.25, 0.3) is 0 Å². The van der Waals surface area contributed by atoms with Gasteiger partial charge in [-0.25, -0.2) is 13.2 Å². The second-order valence-corrected chi connectivity index (χ2v) is 8.38. The van der Waals surface area contributed by atoms with E-state index in [-0.39, 0.29) is 28.5 Å². The lowest BCUT2D eigenvalue weighted by molar-refractivity contribution is -0.180. The molecular weight excluding hydrogens is 422 g/mol. The van der Waals surface area contributed by atoms with Crippen LogP contribution in [0, 0.1) is 23.7 Å². The number of nitrogens with zero attached hydrogens (tertiary/aromatic N) is 2. The summed E-state index contributed by atoms with van der Waals surface area (Å²) >= 11 is 0. The molecule has 164 valence electrons. The molecule has 11 heteroatoms. The molecule has 0 fully saturated rings. The van der Waals surface area contributed by atoms with Gasteiger partial charge in [-0.3, -0.25) is 5.41 Å². The molecule has 2 rings (SSSR count). The molecule has 0 aliphatic heterocycles. The smallest absolute Gasteiger partial charge is 0.331 e. The van der Waals surface area contributed by atoms with E-state index < -0.39 is 21.8 Å². The van der Waals surface area contributed by atoms with E-state index in [0.29, 0.717) is 17.7 Å². The molecule has 2 aromatic rings. The van der Waals surface area contributed by atoms with Gasteiger partial charge in [0, 0.05) is 13.5 Å². The fourth-order valence-corrected chi connectivity index (χ4v) is 4.14. The summed E-state index contributed by atoms with van der Waals surface area (Å²) in [5.74, 6) is -0.760. The van der Waals surface area contributed by atoms with Crippen LogP contribution in [-0.4, -0.2) is 38.7 Å². The Bertz CT molecular complexity index is 1110. The van der Waals surface area contributed by atoms with Crippen molar-refractivity contribution in [3.63, 3.8) is 0 Å². The summed E-state index contributed by atoms with van der Waals surface area (Å²) in [6.45, 7) is 3.42.